The summed E-state index contributed by atoms with van der Waals surface area (Å²) in [6.45, 7) is 10.8. The number of β-amino-alcohol motifs (C(OH)–C–C–N with tert-alkyl or cyclic N) is 1. The summed E-state index contributed by atoms with van der Waals surface area (Å²) in [5.41, 5.74) is 1.98. The molecule has 30 heavy (non-hydrogen) atoms. The number of ether oxygens (including phenoxy) is 1. The molecular weight excluding hydrogens is 382 g/mol. The van der Waals surface area contributed by atoms with Crippen LogP contribution in [0.5, 0.6) is 11.5 Å². The van der Waals surface area contributed by atoms with E-state index < -0.39 is 0 Å². The van der Waals surface area contributed by atoms with Crippen LogP contribution in [0.2, 0.25) is 0 Å². The second-order valence-corrected chi connectivity index (χ2v) is 7.64. The fraction of sp³-hybridized carbons (Fsp3) is 0.522. The van der Waals surface area contributed by atoms with Gasteiger partial charge in [0.15, 0.2) is 0 Å². The van der Waals surface area contributed by atoms with Gasteiger partial charge in [0.2, 0.25) is 0 Å². The third kappa shape index (κ3) is 4.69. The Morgan fingerprint density at radius 1 is 1.10 bits per heavy atom. The van der Waals surface area contributed by atoms with Crippen LogP contribution < -0.4 is 10.3 Å². The van der Waals surface area contributed by atoms with Gasteiger partial charge >= 0.3 is 0 Å². The van der Waals surface area contributed by atoms with Gasteiger partial charge in [-0.05, 0) is 44.5 Å². The number of benzene rings is 1. The Morgan fingerprint density at radius 3 is 2.33 bits per heavy atom. The zero-order valence-electron chi connectivity index (χ0n) is 18.2. The van der Waals surface area contributed by atoms with Crippen molar-refractivity contribution < 1.29 is 14.9 Å². The van der Waals surface area contributed by atoms with E-state index in [0.717, 1.165) is 43.2 Å². The molecule has 7 heteroatoms. The monoisotopic (exact) mass is 415 g/mol. The lowest BCUT2D eigenvalue weighted by Crippen LogP contribution is -2.49. The first-order chi connectivity index (χ1) is 14.5. The number of aliphatic hydroxyl groups excluding tert-OH is 1. The predicted octanol–water partition coefficient (Wildman–Crippen LogP) is 1.98. The van der Waals surface area contributed by atoms with Gasteiger partial charge in [-0.15, -0.1) is 0 Å². The van der Waals surface area contributed by atoms with Crippen molar-refractivity contribution in [2.24, 2.45) is 0 Å². The Labute approximate surface area is 178 Å². The fourth-order valence-corrected chi connectivity index (χ4v) is 4.28. The van der Waals surface area contributed by atoms with Gasteiger partial charge in [0.1, 0.15) is 11.5 Å². The molecule has 0 amide bonds. The highest BCUT2D eigenvalue weighted by Gasteiger charge is 2.31. The molecule has 1 aromatic carbocycles. The first-order valence-electron chi connectivity index (χ1n) is 10.7. The average Bonchev–Trinajstić information content (AvgIpc) is 2.73. The molecule has 0 radical (unpaired) electrons. The molecule has 1 aliphatic heterocycles. The maximum absolute atomic E-state index is 13.3. The SMILES string of the molecule is CCOc1ccc([C@H](c2c(O)cc(C)n(CC)c2=O)N2CCN(CCO)CC2)cc1. The first-order valence-corrected chi connectivity index (χ1v) is 10.7. The number of piperazine rings is 1. The molecule has 0 saturated carbocycles. The van der Waals surface area contributed by atoms with E-state index in [4.69, 9.17) is 4.74 Å². The summed E-state index contributed by atoms with van der Waals surface area (Å²) in [6.07, 6.45) is 0. The number of aryl methyl sites for hydroxylation is 1. The summed E-state index contributed by atoms with van der Waals surface area (Å²) >= 11 is 0. The Balaban J connectivity index is 2.04. The van der Waals surface area contributed by atoms with Crippen molar-refractivity contribution in [1.82, 2.24) is 14.4 Å². The van der Waals surface area contributed by atoms with E-state index in [-0.39, 0.29) is 24.0 Å². The maximum atomic E-state index is 13.3. The number of hydrogen-bond donors (Lipinski definition) is 2. The quantitative estimate of drug-likeness (QED) is 0.687. The minimum absolute atomic E-state index is 0.0406. The highest BCUT2D eigenvalue weighted by atomic mass is 16.5. The standard InChI is InChI=1S/C23H33N3O4/c1-4-26-17(3)16-20(28)21(23(26)29)22(18-6-8-19(9-7-18)30-5-2)25-12-10-24(11-13-25)14-15-27/h6-9,16,22,27-28H,4-5,10-15H2,1-3H3/t22-/m1/s1. The molecule has 1 aliphatic rings. The van der Waals surface area contributed by atoms with Gasteiger partial charge in [-0.25, -0.2) is 0 Å². The smallest absolute Gasteiger partial charge is 0.259 e. The molecule has 2 aromatic rings. The van der Waals surface area contributed by atoms with Crippen LogP contribution in [0.3, 0.4) is 0 Å². The average molecular weight is 416 g/mol. The van der Waals surface area contributed by atoms with Crippen LogP contribution in [0.1, 0.15) is 36.7 Å². The molecule has 0 aliphatic carbocycles. The minimum Gasteiger partial charge on any atom is -0.507 e. The molecule has 2 N–H and O–H groups in total. The van der Waals surface area contributed by atoms with Crippen molar-refractivity contribution in [2.45, 2.75) is 33.4 Å². The lowest BCUT2D eigenvalue weighted by Gasteiger charge is -2.39. The lowest BCUT2D eigenvalue weighted by molar-refractivity contribution is 0.0932. The third-order valence-electron chi connectivity index (χ3n) is 5.81. The predicted molar refractivity (Wildman–Crippen MR) is 117 cm³/mol. The number of aromatic nitrogens is 1. The first kappa shape index (κ1) is 22.3. The van der Waals surface area contributed by atoms with Crippen LogP contribution in [0.25, 0.3) is 0 Å². The van der Waals surface area contributed by atoms with Crippen LogP contribution in [0, 0.1) is 6.92 Å². The molecule has 0 bridgehead atoms. The molecule has 1 atom stereocenters. The van der Waals surface area contributed by atoms with Crippen molar-refractivity contribution in [3.8, 4) is 11.5 Å². The molecule has 1 fully saturated rings. The Bertz CT molecular complexity index is 887. The van der Waals surface area contributed by atoms with Gasteiger partial charge < -0.3 is 19.5 Å². The van der Waals surface area contributed by atoms with E-state index in [2.05, 4.69) is 9.80 Å². The fourth-order valence-electron chi connectivity index (χ4n) is 4.28. The molecule has 7 nitrogen and oxygen atoms in total. The summed E-state index contributed by atoms with van der Waals surface area (Å²) in [5.74, 6) is 0.825. The summed E-state index contributed by atoms with van der Waals surface area (Å²) < 4.78 is 7.28. The Hall–Kier alpha value is -2.35. The summed E-state index contributed by atoms with van der Waals surface area (Å²) in [4.78, 5) is 17.8. The van der Waals surface area contributed by atoms with Crippen molar-refractivity contribution in [3.05, 3.63) is 57.5 Å². The Kier molecular flexibility index (Phi) is 7.53. The summed E-state index contributed by atoms with van der Waals surface area (Å²) in [6, 6.07) is 9.12. The van der Waals surface area contributed by atoms with E-state index in [1.54, 1.807) is 10.6 Å². The number of aromatic hydroxyl groups is 1. The second kappa shape index (κ2) is 10.1. The topological polar surface area (TPSA) is 78.2 Å². The van der Waals surface area contributed by atoms with E-state index in [1.165, 1.54) is 0 Å². The van der Waals surface area contributed by atoms with Gasteiger partial charge in [-0.1, -0.05) is 12.1 Å². The van der Waals surface area contributed by atoms with E-state index >= 15 is 0 Å². The number of aliphatic hydroxyl groups is 1. The van der Waals surface area contributed by atoms with Gasteiger partial charge in [-0.2, -0.15) is 0 Å². The van der Waals surface area contributed by atoms with E-state index in [0.29, 0.717) is 25.3 Å². The zero-order chi connectivity index (χ0) is 21.7. The Morgan fingerprint density at radius 2 is 1.77 bits per heavy atom. The van der Waals surface area contributed by atoms with Gasteiger partial charge in [0.25, 0.3) is 5.56 Å². The molecule has 0 spiro atoms. The van der Waals surface area contributed by atoms with Gasteiger partial charge in [0, 0.05) is 45.0 Å². The molecule has 164 valence electrons. The van der Waals surface area contributed by atoms with Crippen molar-refractivity contribution >= 4 is 0 Å². The van der Waals surface area contributed by atoms with Crippen LogP contribution >= 0.6 is 0 Å². The van der Waals surface area contributed by atoms with Crippen LogP contribution in [0.15, 0.2) is 35.1 Å². The van der Waals surface area contributed by atoms with Crippen molar-refractivity contribution in [1.29, 1.82) is 0 Å². The van der Waals surface area contributed by atoms with E-state index in [9.17, 15) is 15.0 Å². The summed E-state index contributed by atoms with van der Waals surface area (Å²) in [7, 11) is 0. The molecule has 3 rings (SSSR count). The molecule has 0 unspecified atom stereocenters. The van der Waals surface area contributed by atoms with Crippen LogP contribution in [-0.2, 0) is 6.54 Å². The van der Waals surface area contributed by atoms with Gasteiger partial charge in [-0.3, -0.25) is 14.6 Å². The normalized spacial score (nSPS) is 16.5. The van der Waals surface area contributed by atoms with Crippen molar-refractivity contribution in [3.63, 3.8) is 0 Å². The highest BCUT2D eigenvalue weighted by Crippen LogP contribution is 2.34. The lowest BCUT2D eigenvalue weighted by atomic mass is 9.96. The zero-order valence-corrected chi connectivity index (χ0v) is 18.2. The highest BCUT2D eigenvalue weighted by molar-refractivity contribution is 5.42. The molecular formula is C23H33N3O4. The molecule has 1 aromatic heterocycles. The van der Waals surface area contributed by atoms with Gasteiger partial charge in [0.05, 0.1) is 24.8 Å². The molecule has 1 saturated heterocycles. The number of hydrogen-bond acceptors (Lipinski definition) is 6. The number of rotatable bonds is 8. The largest absolute Gasteiger partial charge is 0.507 e. The third-order valence-corrected chi connectivity index (χ3v) is 5.81. The summed E-state index contributed by atoms with van der Waals surface area (Å²) in [5, 5.41) is 20.1. The number of pyridine rings is 1. The van der Waals surface area contributed by atoms with Crippen LogP contribution in [-0.4, -0.2) is 70.5 Å². The number of nitrogens with zero attached hydrogens (tertiary/aromatic N) is 3. The molecule has 2 heterocycles. The maximum Gasteiger partial charge on any atom is 0.259 e. The minimum atomic E-state index is -0.345. The second-order valence-electron chi connectivity index (χ2n) is 7.64. The van der Waals surface area contributed by atoms with Crippen LogP contribution in [0.4, 0.5) is 0 Å². The van der Waals surface area contributed by atoms with E-state index in [1.807, 2.05) is 45.0 Å². The van der Waals surface area contributed by atoms with Crippen molar-refractivity contribution in [2.75, 3.05) is 45.9 Å².